The van der Waals surface area contributed by atoms with Crippen molar-refractivity contribution in [1.29, 1.82) is 0 Å². The second kappa shape index (κ2) is 6.74. The van der Waals surface area contributed by atoms with Crippen molar-refractivity contribution in [1.82, 2.24) is 14.5 Å². The topological polar surface area (TPSA) is 30.7 Å². The lowest BCUT2D eigenvalue weighted by Crippen LogP contribution is -1.98. The summed E-state index contributed by atoms with van der Waals surface area (Å²) < 4.78 is 4.85. The van der Waals surface area contributed by atoms with Gasteiger partial charge in [0.05, 0.1) is 17.2 Å². The molecular formula is C28H17N3S. The highest BCUT2D eigenvalue weighted by atomic mass is 32.1. The van der Waals surface area contributed by atoms with Gasteiger partial charge in [-0.15, -0.1) is 11.3 Å². The largest absolute Gasteiger partial charge is 0.292 e. The lowest BCUT2D eigenvalue weighted by molar-refractivity contribution is 1.11. The van der Waals surface area contributed by atoms with E-state index in [4.69, 9.17) is 4.98 Å². The third-order valence-corrected chi connectivity index (χ3v) is 7.27. The third-order valence-electron chi connectivity index (χ3n) is 6.05. The third kappa shape index (κ3) is 2.47. The number of hydrogen-bond donors (Lipinski definition) is 0. The van der Waals surface area contributed by atoms with Crippen LogP contribution in [0.1, 0.15) is 0 Å². The smallest absolute Gasteiger partial charge is 0.147 e. The minimum Gasteiger partial charge on any atom is -0.292 e. The molecule has 0 aliphatic carbocycles. The zero-order valence-corrected chi connectivity index (χ0v) is 17.9. The zero-order valence-electron chi connectivity index (χ0n) is 17.1. The Morgan fingerprint density at radius 2 is 1.38 bits per heavy atom. The van der Waals surface area contributed by atoms with Crippen LogP contribution >= 0.6 is 11.3 Å². The Morgan fingerprint density at radius 3 is 2.28 bits per heavy atom. The van der Waals surface area contributed by atoms with E-state index in [1.807, 2.05) is 23.6 Å². The SMILES string of the molecule is c1ccc(-n2c(-c3cccc4c3sc3ccccc34)nc3cnc4ccccc4c32)cc1. The Labute approximate surface area is 188 Å². The lowest BCUT2D eigenvalue weighted by atomic mass is 10.1. The number of hydrogen-bond acceptors (Lipinski definition) is 3. The molecule has 32 heavy (non-hydrogen) atoms. The highest BCUT2D eigenvalue weighted by Gasteiger charge is 2.20. The van der Waals surface area contributed by atoms with E-state index in [9.17, 15) is 0 Å². The van der Waals surface area contributed by atoms with Crippen molar-refractivity contribution in [3.63, 3.8) is 0 Å². The monoisotopic (exact) mass is 427 g/mol. The second-order valence-corrected chi connectivity index (χ2v) is 8.95. The predicted octanol–water partition coefficient (Wildman–Crippen LogP) is 7.61. The molecule has 0 aliphatic rings. The first kappa shape index (κ1) is 17.6. The van der Waals surface area contributed by atoms with E-state index in [-0.39, 0.29) is 0 Å². The molecule has 0 atom stereocenters. The Morgan fingerprint density at radius 1 is 0.625 bits per heavy atom. The maximum atomic E-state index is 5.14. The molecule has 0 saturated carbocycles. The summed E-state index contributed by atoms with van der Waals surface area (Å²) >= 11 is 1.83. The van der Waals surface area contributed by atoms with Gasteiger partial charge in [-0.05, 0) is 30.3 Å². The number of aromatic nitrogens is 3. The minimum absolute atomic E-state index is 0.903. The summed E-state index contributed by atoms with van der Waals surface area (Å²) in [5.41, 5.74) is 5.21. The van der Waals surface area contributed by atoms with E-state index in [0.29, 0.717) is 0 Å². The number of benzene rings is 4. The Balaban J connectivity index is 1.66. The highest BCUT2D eigenvalue weighted by molar-refractivity contribution is 7.26. The van der Waals surface area contributed by atoms with Gasteiger partial charge in [0.15, 0.2) is 0 Å². The molecule has 4 heteroatoms. The van der Waals surface area contributed by atoms with Crippen molar-refractivity contribution in [2.75, 3.05) is 0 Å². The van der Waals surface area contributed by atoms with Gasteiger partial charge in [0.1, 0.15) is 11.3 Å². The molecule has 0 N–H and O–H groups in total. The molecule has 3 nitrogen and oxygen atoms in total. The van der Waals surface area contributed by atoms with Crippen LogP contribution in [0.4, 0.5) is 0 Å². The number of para-hydroxylation sites is 2. The fourth-order valence-electron chi connectivity index (χ4n) is 4.64. The molecule has 3 heterocycles. The molecular weight excluding hydrogens is 410 g/mol. The van der Waals surface area contributed by atoms with Gasteiger partial charge in [0, 0.05) is 36.8 Å². The van der Waals surface area contributed by atoms with Crippen molar-refractivity contribution in [2.24, 2.45) is 0 Å². The van der Waals surface area contributed by atoms with Crippen molar-refractivity contribution in [2.45, 2.75) is 0 Å². The summed E-state index contributed by atoms with van der Waals surface area (Å²) in [5.74, 6) is 0.946. The summed E-state index contributed by atoms with van der Waals surface area (Å²) in [6.07, 6.45) is 1.89. The molecule has 0 amide bonds. The average Bonchev–Trinajstić information content (AvgIpc) is 3.43. The van der Waals surface area contributed by atoms with Gasteiger partial charge in [-0.1, -0.05) is 66.7 Å². The number of fused-ring (bicyclic) bond motifs is 6. The molecule has 0 spiro atoms. The molecule has 0 aliphatic heterocycles. The maximum absolute atomic E-state index is 5.14. The summed E-state index contributed by atoms with van der Waals surface area (Å²) in [4.78, 5) is 9.81. The number of pyridine rings is 1. The first-order valence-electron chi connectivity index (χ1n) is 10.6. The molecule has 4 aromatic carbocycles. The fraction of sp³-hybridized carbons (Fsp3) is 0. The molecule has 3 aromatic heterocycles. The number of thiophene rings is 1. The molecule has 0 radical (unpaired) electrons. The maximum Gasteiger partial charge on any atom is 0.147 e. The number of imidazole rings is 1. The zero-order chi connectivity index (χ0) is 21.1. The van der Waals surface area contributed by atoms with Crippen LogP contribution in [0.2, 0.25) is 0 Å². The molecule has 150 valence electrons. The molecule has 0 saturated heterocycles. The Kier molecular flexibility index (Phi) is 3.72. The summed E-state index contributed by atoms with van der Waals surface area (Å²) in [5, 5.41) is 3.68. The van der Waals surface area contributed by atoms with Gasteiger partial charge < -0.3 is 0 Å². The van der Waals surface area contributed by atoms with Gasteiger partial charge in [-0.2, -0.15) is 0 Å². The molecule has 0 bridgehead atoms. The van der Waals surface area contributed by atoms with E-state index in [0.717, 1.165) is 39.0 Å². The van der Waals surface area contributed by atoms with Crippen molar-refractivity contribution in [3.8, 4) is 17.1 Å². The van der Waals surface area contributed by atoms with E-state index in [1.165, 1.54) is 20.2 Å². The van der Waals surface area contributed by atoms with Crippen LogP contribution in [0, 0.1) is 0 Å². The van der Waals surface area contributed by atoms with Crippen LogP contribution in [0.25, 0.3) is 59.2 Å². The van der Waals surface area contributed by atoms with Crippen LogP contribution in [0.5, 0.6) is 0 Å². The molecule has 0 fully saturated rings. The van der Waals surface area contributed by atoms with Gasteiger partial charge in [-0.25, -0.2) is 4.98 Å². The first-order chi connectivity index (χ1) is 15.9. The van der Waals surface area contributed by atoms with E-state index < -0.39 is 0 Å². The Hall–Kier alpha value is -4.02. The molecule has 7 aromatic rings. The van der Waals surface area contributed by atoms with E-state index in [2.05, 4.69) is 101 Å². The second-order valence-electron chi connectivity index (χ2n) is 7.90. The number of rotatable bonds is 2. The first-order valence-corrected chi connectivity index (χ1v) is 11.4. The summed E-state index contributed by atoms with van der Waals surface area (Å²) in [6, 6.07) is 33.9. The van der Waals surface area contributed by atoms with Gasteiger partial charge in [-0.3, -0.25) is 9.55 Å². The van der Waals surface area contributed by atoms with Crippen LogP contribution in [0.3, 0.4) is 0 Å². The van der Waals surface area contributed by atoms with Gasteiger partial charge in [0.2, 0.25) is 0 Å². The summed E-state index contributed by atoms with van der Waals surface area (Å²) in [7, 11) is 0. The van der Waals surface area contributed by atoms with Crippen LogP contribution in [-0.4, -0.2) is 14.5 Å². The minimum atomic E-state index is 0.903. The lowest BCUT2D eigenvalue weighted by Gasteiger charge is -2.11. The van der Waals surface area contributed by atoms with Gasteiger partial charge in [0.25, 0.3) is 0 Å². The standard InChI is InChI=1S/C28H17N3S/c1-2-9-18(10-3-1)31-26-21-12-4-6-15-23(21)29-17-24(26)30-28(31)22-14-8-13-20-19-11-5-7-16-25(19)32-27(20)22/h1-17H. The normalized spacial score (nSPS) is 11.8. The van der Waals surface area contributed by atoms with Crippen LogP contribution < -0.4 is 0 Å². The van der Waals surface area contributed by atoms with E-state index in [1.54, 1.807) is 0 Å². The van der Waals surface area contributed by atoms with E-state index >= 15 is 0 Å². The number of nitrogens with zero attached hydrogens (tertiary/aromatic N) is 3. The molecule has 0 unspecified atom stereocenters. The highest BCUT2D eigenvalue weighted by Crippen LogP contribution is 2.41. The quantitative estimate of drug-likeness (QED) is 0.284. The van der Waals surface area contributed by atoms with Gasteiger partial charge >= 0.3 is 0 Å². The van der Waals surface area contributed by atoms with Crippen molar-refractivity contribution < 1.29 is 0 Å². The predicted molar refractivity (Wildman–Crippen MR) is 135 cm³/mol. The molecule has 7 rings (SSSR count). The average molecular weight is 428 g/mol. The Bertz CT molecular complexity index is 1780. The van der Waals surface area contributed by atoms with Crippen LogP contribution in [0.15, 0.2) is 103 Å². The van der Waals surface area contributed by atoms with Crippen molar-refractivity contribution >= 4 is 53.4 Å². The van der Waals surface area contributed by atoms with Crippen LogP contribution in [-0.2, 0) is 0 Å². The fourth-order valence-corrected chi connectivity index (χ4v) is 5.85. The summed E-state index contributed by atoms with van der Waals surface area (Å²) in [6.45, 7) is 0. The van der Waals surface area contributed by atoms with Crippen molar-refractivity contribution in [3.05, 3.63) is 103 Å².